The van der Waals surface area contributed by atoms with Gasteiger partial charge in [0.2, 0.25) is 0 Å². The minimum atomic E-state index is 0.459. The standard InChI is InChI=1S/C17H27NO/c1-17(2)9-7-16(8-10-17)19-13-15-6-4-5-14(11-15)12-18-3/h4-6,11,16,18H,7-10,12-13H2,1-3H3. The maximum absolute atomic E-state index is 6.08. The molecule has 2 rings (SSSR count). The third-order valence-electron chi connectivity index (χ3n) is 4.14. The van der Waals surface area contributed by atoms with Gasteiger partial charge in [-0.05, 0) is 49.3 Å². The van der Waals surface area contributed by atoms with Gasteiger partial charge < -0.3 is 10.1 Å². The van der Waals surface area contributed by atoms with Crippen molar-refractivity contribution in [3.8, 4) is 0 Å². The molecule has 1 aliphatic rings. The van der Waals surface area contributed by atoms with Crippen LogP contribution in [0.4, 0.5) is 0 Å². The number of rotatable bonds is 5. The van der Waals surface area contributed by atoms with Crippen LogP contribution in [0.1, 0.15) is 50.7 Å². The normalized spacial score (nSPS) is 19.5. The summed E-state index contributed by atoms with van der Waals surface area (Å²) >= 11 is 0. The molecule has 1 aromatic carbocycles. The molecule has 0 amide bonds. The van der Waals surface area contributed by atoms with E-state index in [0.29, 0.717) is 11.5 Å². The van der Waals surface area contributed by atoms with Gasteiger partial charge in [0.05, 0.1) is 12.7 Å². The first kappa shape index (κ1) is 14.5. The second-order valence-electron chi connectivity index (χ2n) is 6.52. The SMILES string of the molecule is CNCc1cccc(COC2CCC(C)(C)CC2)c1. The van der Waals surface area contributed by atoms with Crippen LogP contribution in [0, 0.1) is 5.41 Å². The lowest BCUT2D eigenvalue weighted by Gasteiger charge is -2.34. The van der Waals surface area contributed by atoms with E-state index in [0.717, 1.165) is 13.2 Å². The monoisotopic (exact) mass is 261 g/mol. The highest BCUT2D eigenvalue weighted by molar-refractivity contribution is 5.22. The van der Waals surface area contributed by atoms with Gasteiger partial charge >= 0.3 is 0 Å². The van der Waals surface area contributed by atoms with Crippen molar-refractivity contribution in [2.45, 2.75) is 58.8 Å². The molecule has 106 valence electrons. The van der Waals surface area contributed by atoms with Crippen LogP contribution >= 0.6 is 0 Å². The summed E-state index contributed by atoms with van der Waals surface area (Å²) < 4.78 is 6.08. The van der Waals surface area contributed by atoms with Gasteiger partial charge in [-0.15, -0.1) is 0 Å². The van der Waals surface area contributed by atoms with Gasteiger partial charge in [-0.25, -0.2) is 0 Å². The third kappa shape index (κ3) is 4.63. The van der Waals surface area contributed by atoms with Crippen LogP contribution in [-0.4, -0.2) is 13.2 Å². The van der Waals surface area contributed by atoms with Crippen LogP contribution in [0.2, 0.25) is 0 Å². The molecule has 1 saturated carbocycles. The van der Waals surface area contributed by atoms with Crippen molar-refractivity contribution in [3.05, 3.63) is 35.4 Å². The zero-order valence-electron chi connectivity index (χ0n) is 12.5. The van der Waals surface area contributed by atoms with E-state index in [1.807, 2.05) is 7.05 Å². The maximum atomic E-state index is 6.08. The molecule has 0 aromatic heterocycles. The molecule has 1 N–H and O–H groups in total. The number of nitrogens with one attached hydrogen (secondary N) is 1. The molecule has 0 unspecified atom stereocenters. The first-order chi connectivity index (χ1) is 9.09. The molecular formula is C17H27NO. The number of hydrogen-bond donors (Lipinski definition) is 1. The van der Waals surface area contributed by atoms with Crippen molar-refractivity contribution < 1.29 is 4.74 Å². The second kappa shape index (κ2) is 6.53. The predicted octanol–water partition coefficient (Wildman–Crippen LogP) is 3.89. The zero-order valence-corrected chi connectivity index (χ0v) is 12.5. The van der Waals surface area contributed by atoms with Crippen molar-refractivity contribution in [2.24, 2.45) is 5.41 Å². The second-order valence-corrected chi connectivity index (χ2v) is 6.52. The van der Waals surface area contributed by atoms with Gasteiger partial charge in [0, 0.05) is 6.54 Å². The van der Waals surface area contributed by atoms with Crippen LogP contribution in [0.3, 0.4) is 0 Å². The Morgan fingerprint density at radius 2 is 1.89 bits per heavy atom. The molecule has 0 radical (unpaired) electrons. The molecule has 1 aromatic rings. The third-order valence-corrected chi connectivity index (χ3v) is 4.14. The molecule has 0 heterocycles. The Labute approximate surface area is 117 Å². The van der Waals surface area contributed by atoms with Gasteiger partial charge in [0.25, 0.3) is 0 Å². The van der Waals surface area contributed by atoms with E-state index in [1.165, 1.54) is 36.8 Å². The Morgan fingerprint density at radius 3 is 2.58 bits per heavy atom. The summed E-state index contributed by atoms with van der Waals surface area (Å²) in [5.41, 5.74) is 3.14. The van der Waals surface area contributed by atoms with Gasteiger partial charge in [-0.2, -0.15) is 0 Å². The van der Waals surface area contributed by atoms with Crippen molar-refractivity contribution >= 4 is 0 Å². The van der Waals surface area contributed by atoms with Crippen LogP contribution in [-0.2, 0) is 17.9 Å². The topological polar surface area (TPSA) is 21.3 Å². The van der Waals surface area contributed by atoms with E-state index in [1.54, 1.807) is 0 Å². The van der Waals surface area contributed by atoms with Crippen LogP contribution in [0.5, 0.6) is 0 Å². The van der Waals surface area contributed by atoms with E-state index in [4.69, 9.17) is 4.74 Å². The fourth-order valence-electron chi connectivity index (χ4n) is 2.79. The molecule has 1 aliphatic carbocycles. The Hall–Kier alpha value is -0.860. The quantitative estimate of drug-likeness (QED) is 0.868. The predicted molar refractivity (Wildman–Crippen MR) is 80.0 cm³/mol. The average Bonchev–Trinajstić information content (AvgIpc) is 2.38. The van der Waals surface area contributed by atoms with Crippen LogP contribution in [0.25, 0.3) is 0 Å². The summed E-state index contributed by atoms with van der Waals surface area (Å²) in [6.07, 6.45) is 5.46. The Kier molecular flexibility index (Phi) is 5.00. The van der Waals surface area contributed by atoms with Crippen molar-refractivity contribution in [3.63, 3.8) is 0 Å². The molecular weight excluding hydrogens is 234 g/mol. The van der Waals surface area contributed by atoms with Crippen molar-refractivity contribution in [1.29, 1.82) is 0 Å². The summed E-state index contributed by atoms with van der Waals surface area (Å²) in [6, 6.07) is 8.67. The minimum absolute atomic E-state index is 0.459. The van der Waals surface area contributed by atoms with Gasteiger partial charge in [-0.1, -0.05) is 38.1 Å². The van der Waals surface area contributed by atoms with Gasteiger partial charge in [0.15, 0.2) is 0 Å². The average molecular weight is 261 g/mol. The van der Waals surface area contributed by atoms with E-state index in [2.05, 4.69) is 43.4 Å². The van der Waals surface area contributed by atoms with E-state index in [9.17, 15) is 0 Å². The van der Waals surface area contributed by atoms with E-state index < -0.39 is 0 Å². The van der Waals surface area contributed by atoms with Crippen molar-refractivity contribution in [2.75, 3.05) is 7.05 Å². The summed E-state index contributed by atoms with van der Waals surface area (Å²) in [5, 5.41) is 3.18. The first-order valence-electron chi connectivity index (χ1n) is 7.43. The zero-order chi connectivity index (χ0) is 13.7. The number of hydrogen-bond acceptors (Lipinski definition) is 2. The highest BCUT2D eigenvalue weighted by Crippen LogP contribution is 2.36. The van der Waals surface area contributed by atoms with Crippen LogP contribution in [0.15, 0.2) is 24.3 Å². The van der Waals surface area contributed by atoms with Crippen molar-refractivity contribution in [1.82, 2.24) is 5.32 Å². The van der Waals surface area contributed by atoms with Crippen LogP contribution < -0.4 is 5.32 Å². The van der Waals surface area contributed by atoms with E-state index in [-0.39, 0.29) is 0 Å². The van der Waals surface area contributed by atoms with Gasteiger partial charge in [-0.3, -0.25) is 0 Å². The smallest absolute Gasteiger partial charge is 0.0720 e. The molecule has 0 saturated heterocycles. The summed E-state index contributed by atoms with van der Waals surface area (Å²) in [5.74, 6) is 0. The molecule has 0 spiro atoms. The number of ether oxygens (including phenoxy) is 1. The van der Waals surface area contributed by atoms with E-state index >= 15 is 0 Å². The Bertz CT molecular complexity index is 390. The van der Waals surface area contributed by atoms with Gasteiger partial charge in [0.1, 0.15) is 0 Å². The lowest BCUT2D eigenvalue weighted by molar-refractivity contribution is -0.00560. The molecule has 2 heteroatoms. The molecule has 1 fully saturated rings. The Balaban J connectivity index is 1.81. The molecule has 0 atom stereocenters. The lowest BCUT2D eigenvalue weighted by Crippen LogP contribution is -2.26. The number of benzene rings is 1. The molecule has 0 aliphatic heterocycles. The minimum Gasteiger partial charge on any atom is -0.374 e. The maximum Gasteiger partial charge on any atom is 0.0720 e. The Morgan fingerprint density at radius 1 is 1.21 bits per heavy atom. The fraction of sp³-hybridized carbons (Fsp3) is 0.647. The highest BCUT2D eigenvalue weighted by atomic mass is 16.5. The molecule has 0 bridgehead atoms. The highest BCUT2D eigenvalue weighted by Gasteiger charge is 2.27. The fourth-order valence-corrected chi connectivity index (χ4v) is 2.79. The summed E-state index contributed by atoms with van der Waals surface area (Å²) in [7, 11) is 1.98. The summed E-state index contributed by atoms with van der Waals surface area (Å²) in [4.78, 5) is 0. The molecule has 2 nitrogen and oxygen atoms in total. The summed E-state index contributed by atoms with van der Waals surface area (Å²) in [6.45, 7) is 6.41. The molecule has 19 heavy (non-hydrogen) atoms. The lowest BCUT2D eigenvalue weighted by atomic mass is 9.76. The first-order valence-corrected chi connectivity index (χ1v) is 7.43. The largest absolute Gasteiger partial charge is 0.374 e.